The van der Waals surface area contributed by atoms with Crippen LogP contribution in [0.5, 0.6) is 0 Å². The van der Waals surface area contributed by atoms with Crippen molar-refractivity contribution in [2.24, 2.45) is 0 Å². The summed E-state index contributed by atoms with van der Waals surface area (Å²) < 4.78 is 6.69. The Morgan fingerprint density at radius 3 is 2.94 bits per heavy atom. The van der Waals surface area contributed by atoms with Crippen LogP contribution in [0.1, 0.15) is 31.9 Å². The van der Waals surface area contributed by atoms with E-state index in [1.54, 1.807) is 0 Å². The molecule has 1 heterocycles. The molecule has 0 aliphatic carbocycles. The van der Waals surface area contributed by atoms with E-state index in [9.17, 15) is 0 Å². The van der Waals surface area contributed by atoms with Crippen molar-refractivity contribution in [3.05, 3.63) is 34.3 Å². The normalized spacial score (nSPS) is 26.9. The highest BCUT2D eigenvalue weighted by Gasteiger charge is 2.25. The van der Waals surface area contributed by atoms with Crippen LogP contribution in [0.25, 0.3) is 0 Å². The van der Waals surface area contributed by atoms with E-state index in [4.69, 9.17) is 4.74 Å². The molecule has 2 unspecified atom stereocenters. The minimum Gasteiger partial charge on any atom is -0.377 e. The molecule has 16 heavy (non-hydrogen) atoms. The second-order valence-electron chi connectivity index (χ2n) is 4.41. The molecular weight excluding hydrogens is 266 g/mol. The predicted molar refractivity (Wildman–Crippen MR) is 69.5 cm³/mol. The van der Waals surface area contributed by atoms with Crippen LogP contribution in [0.4, 0.5) is 0 Å². The molecule has 1 fully saturated rings. The molecule has 1 N–H and O–H groups in total. The molecule has 3 heteroatoms. The lowest BCUT2D eigenvalue weighted by Gasteiger charge is -2.22. The molecule has 1 aromatic rings. The number of hydrogen-bond acceptors (Lipinski definition) is 2. The van der Waals surface area contributed by atoms with E-state index < -0.39 is 0 Å². The number of halogens is 1. The second-order valence-corrected chi connectivity index (χ2v) is 5.33. The molecule has 1 aliphatic rings. The quantitative estimate of drug-likeness (QED) is 0.919. The monoisotopic (exact) mass is 283 g/mol. The van der Waals surface area contributed by atoms with Gasteiger partial charge in [0.25, 0.3) is 0 Å². The summed E-state index contributed by atoms with van der Waals surface area (Å²) in [5.41, 5.74) is 1.31. The minimum absolute atomic E-state index is 0.328. The number of hydrogen-bond donors (Lipinski definition) is 1. The van der Waals surface area contributed by atoms with Gasteiger partial charge in [-0.1, -0.05) is 28.1 Å². The van der Waals surface area contributed by atoms with Crippen molar-refractivity contribution in [2.45, 2.75) is 38.5 Å². The zero-order valence-corrected chi connectivity index (χ0v) is 11.3. The molecule has 1 saturated heterocycles. The molecule has 0 spiro atoms. The zero-order chi connectivity index (χ0) is 11.5. The van der Waals surface area contributed by atoms with E-state index in [1.807, 2.05) is 0 Å². The van der Waals surface area contributed by atoms with Crippen LogP contribution >= 0.6 is 15.9 Å². The number of rotatable bonds is 3. The van der Waals surface area contributed by atoms with Crippen LogP contribution in [0.3, 0.4) is 0 Å². The molecule has 0 amide bonds. The van der Waals surface area contributed by atoms with E-state index in [0.717, 1.165) is 17.5 Å². The van der Waals surface area contributed by atoms with E-state index in [-0.39, 0.29) is 0 Å². The van der Waals surface area contributed by atoms with Crippen LogP contribution in [-0.2, 0) is 4.74 Å². The lowest BCUT2D eigenvalue weighted by molar-refractivity contribution is 0.111. The minimum atomic E-state index is 0.328. The molecule has 2 nitrogen and oxygen atoms in total. The third-order valence-electron chi connectivity index (χ3n) is 3.19. The maximum absolute atomic E-state index is 5.55. The van der Waals surface area contributed by atoms with Gasteiger partial charge in [-0.05, 0) is 38.0 Å². The molecule has 0 saturated carbocycles. The summed E-state index contributed by atoms with van der Waals surface area (Å²) in [4.78, 5) is 0. The number of nitrogens with one attached hydrogen (secondary N) is 1. The molecule has 0 aromatic heterocycles. The van der Waals surface area contributed by atoms with Crippen molar-refractivity contribution in [2.75, 3.05) is 6.61 Å². The van der Waals surface area contributed by atoms with Gasteiger partial charge in [0.15, 0.2) is 0 Å². The summed E-state index contributed by atoms with van der Waals surface area (Å²) in [6.07, 6.45) is 1.44. The van der Waals surface area contributed by atoms with Crippen LogP contribution in [0.15, 0.2) is 28.7 Å². The van der Waals surface area contributed by atoms with Gasteiger partial charge in [0, 0.05) is 23.2 Å². The molecular formula is C13H18BrNO. The van der Waals surface area contributed by atoms with Gasteiger partial charge in [-0.3, -0.25) is 0 Å². The van der Waals surface area contributed by atoms with E-state index in [2.05, 4.69) is 59.4 Å². The molecule has 0 bridgehead atoms. The number of benzene rings is 1. The summed E-state index contributed by atoms with van der Waals surface area (Å²) in [6.45, 7) is 5.22. The zero-order valence-electron chi connectivity index (χ0n) is 9.74. The molecule has 88 valence electrons. The van der Waals surface area contributed by atoms with Crippen molar-refractivity contribution >= 4 is 15.9 Å². The molecule has 0 radical (unpaired) electrons. The standard InChI is InChI=1S/C13H18BrNO/c1-9(11-4-3-5-12(14)8-11)15-13-6-7-16-10(13)2/h3-5,8-10,13,15H,6-7H2,1-2H3/t9-,10?,13?/m0/s1. The first-order chi connectivity index (χ1) is 7.66. The lowest BCUT2D eigenvalue weighted by atomic mass is 10.1. The SMILES string of the molecule is CC1OCCC1N[C@@H](C)c1cccc(Br)c1. The van der Waals surface area contributed by atoms with Crippen molar-refractivity contribution in [3.63, 3.8) is 0 Å². The van der Waals surface area contributed by atoms with Gasteiger partial charge in [-0.15, -0.1) is 0 Å². The Hall–Kier alpha value is -0.380. The van der Waals surface area contributed by atoms with E-state index >= 15 is 0 Å². The Kier molecular flexibility index (Phi) is 4.00. The van der Waals surface area contributed by atoms with Crippen molar-refractivity contribution in [3.8, 4) is 0 Å². The summed E-state index contributed by atoms with van der Waals surface area (Å²) >= 11 is 3.50. The molecule has 1 aromatic carbocycles. The van der Waals surface area contributed by atoms with Crippen LogP contribution in [0, 0.1) is 0 Å². The highest BCUT2D eigenvalue weighted by Crippen LogP contribution is 2.21. The van der Waals surface area contributed by atoms with Gasteiger partial charge in [-0.2, -0.15) is 0 Å². The predicted octanol–water partition coefficient (Wildman–Crippen LogP) is 3.28. The fraction of sp³-hybridized carbons (Fsp3) is 0.538. The van der Waals surface area contributed by atoms with Crippen molar-refractivity contribution in [1.82, 2.24) is 5.32 Å². The number of ether oxygens (including phenoxy) is 1. The van der Waals surface area contributed by atoms with Gasteiger partial charge in [-0.25, -0.2) is 0 Å². The Morgan fingerprint density at radius 1 is 1.50 bits per heavy atom. The molecule has 2 rings (SSSR count). The Labute approximate surface area is 106 Å². The Bertz CT molecular complexity index is 356. The van der Waals surface area contributed by atoms with Gasteiger partial charge >= 0.3 is 0 Å². The first-order valence-electron chi connectivity index (χ1n) is 5.80. The smallest absolute Gasteiger partial charge is 0.0700 e. The van der Waals surface area contributed by atoms with Crippen LogP contribution in [0.2, 0.25) is 0 Å². The first kappa shape index (κ1) is 12.1. The second kappa shape index (κ2) is 5.30. The maximum Gasteiger partial charge on any atom is 0.0700 e. The Morgan fingerprint density at radius 2 is 2.31 bits per heavy atom. The summed E-state index contributed by atoms with van der Waals surface area (Å²) in [5.74, 6) is 0. The van der Waals surface area contributed by atoms with Gasteiger partial charge in [0.1, 0.15) is 0 Å². The third kappa shape index (κ3) is 2.84. The average Bonchev–Trinajstić information content (AvgIpc) is 2.64. The van der Waals surface area contributed by atoms with Gasteiger partial charge in [0.05, 0.1) is 6.10 Å². The molecule has 3 atom stereocenters. The Balaban J connectivity index is 1.99. The summed E-state index contributed by atoms with van der Waals surface area (Å²) in [5, 5.41) is 3.63. The third-order valence-corrected chi connectivity index (χ3v) is 3.68. The fourth-order valence-corrected chi connectivity index (χ4v) is 2.56. The maximum atomic E-state index is 5.55. The highest BCUT2D eigenvalue weighted by atomic mass is 79.9. The molecule has 1 aliphatic heterocycles. The van der Waals surface area contributed by atoms with Crippen molar-refractivity contribution < 1.29 is 4.74 Å². The summed E-state index contributed by atoms with van der Waals surface area (Å²) in [6, 6.07) is 9.30. The van der Waals surface area contributed by atoms with Crippen LogP contribution in [-0.4, -0.2) is 18.8 Å². The topological polar surface area (TPSA) is 21.3 Å². The van der Waals surface area contributed by atoms with E-state index in [0.29, 0.717) is 18.2 Å². The van der Waals surface area contributed by atoms with Crippen molar-refractivity contribution in [1.29, 1.82) is 0 Å². The first-order valence-corrected chi connectivity index (χ1v) is 6.59. The summed E-state index contributed by atoms with van der Waals surface area (Å²) in [7, 11) is 0. The van der Waals surface area contributed by atoms with Gasteiger partial charge < -0.3 is 10.1 Å². The van der Waals surface area contributed by atoms with Gasteiger partial charge in [0.2, 0.25) is 0 Å². The van der Waals surface area contributed by atoms with E-state index in [1.165, 1.54) is 5.56 Å². The average molecular weight is 284 g/mol. The lowest BCUT2D eigenvalue weighted by Crippen LogP contribution is -2.36. The highest BCUT2D eigenvalue weighted by molar-refractivity contribution is 9.10. The van der Waals surface area contributed by atoms with Crippen LogP contribution < -0.4 is 5.32 Å². The largest absolute Gasteiger partial charge is 0.377 e. The fourth-order valence-electron chi connectivity index (χ4n) is 2.14.